The number of amides is 1. The van der Waals surface area contributed by atoms with Crippen molar-refractivity contribution >= 4 is 17.7 Å². The Hall–Kier alpha value is -1.81. The number of fused-ring (bicyclic) bond motifs is 1. The minimum atomic E-state index is 0.106. The third-order valence-electron chi connectivity index (χ3n) is 3.91. The maximum absolute atomic E-state index is 12.0. The molecule has 1 aliphatic heterocycles. The average Bonchev–Trinajstić information content (AvgIpc) is 2.59. The monoisotopic (exact) mass is 312 g/mol. The second kappa shape index (κ2) is 7.45. The molecule has 2 heterocycles. The molecular formula is C18H20N2OS. The van der Waals surface area contributed by atoms with Crippen molar-refractivity contribution in [3.63, 3.8) is 0 Å². The van der Waals surface area contributed by atoms with Gasteiger partial charge in [0.2, 0.25) is 5.91 Å². The molecule has 1 aromatic carbocycles. The highest BCUT2D eigenvalue weighted by atomic mass is 32.2. The molecule has 22 heavy (non-hydrogen) atoms. The number of hydrogen-bond donors (Lipinski definition) is 1. The summed E-state index contributed by atoms with van der Waals surface area (Å²) in [5.41, 5.74) is 3.77. The maximum Gasteiger partial charge on any atom is 0.220 e. The molecule has 1 aromatic heterocycles. The highest BCUT2D eigenvalue weighted by molar-refractivity contribution is 7.99. The minimum absolute atomic E-state index is 0.106. The van der Waals surface area contributed by atoms with Gasteiger partial charge >= 0.3 is 0 Å². The summed E-state index contributed by atoms with van der Waals surface area (Å²) >= 11 is 1.94. The fourth-order valence-electron chi connectivity index (χ4n) is 2.73. The lowest BCUT2D eigenvalue weighted by Gasteiger charge is -2.25. The fourth-order valence-corrected chi connectivity index (χ4v) is 3.96. The summed E-state index contributed by atoms with van der Waals surface area (Å²) in [4.78, 5) is 16.3. The first-order chi connectivity index (χ1) is 10.8. The van der Waals surface area contributed by atoms with Crippen LogP contribution < -0.4 is 5.32 Å². The first-order valence-corrected chi connectivity index (χ1v) is 8.74. The average molecular weight is 312 g/mol. The van der Waals surface area contributed by atoms with E-state index in [9.17, 15) is 4.79 Å². The quantitative estimate of drug-likeness (QED) is 0.922. The lowest BCUT2D eigenvalue weighted by Crippen LogP contribution is -2.29. The zero-order valence-corrected chi connectivity index (χ0v) is 13.3. The summed E-state index contributed by atoms with van der Waals surface area (Å²) in [6.45, 7) is 0.711. The van der Waals surface area contributed by atoms with Crippen LogP contribution in [-0.2, 0) is 17.6 Å². The van der Waals surface area contributed by atoms with Gasteiger partial charge in [-0.3, -0.25) is 9.78 Å². The standard InChI is InChI=1S/C18H20N2OS/c21-18(9-8-15-6-3-4-11-19-15)20-13-17-16-7-2-1-5-14(16)10-12-22-17/h1-7,11,17H,8-10,12-13H2,(H,20,21)/t17-/m1/s1. The molecule has 1 atom stereocenters. The molecule has 2 aromatic rings. The Balaban J connectivity index is 1.50. The topological polar surface area (TPSA) is 42.0 Å². The molecule has 0 unspecified atom stereocenters. The van der Waals surface area contributed by atoms with Crippen LogP contribution in [-0.4, -0.2) is 23.2 Å². The smallest absolute Gasteiger partial charge is 0.220 e. The SMILES string of the molecule is O=C(CCc1ccccn1)NC[C@H]1SCCc2ccccc21. The first-order valence-electron chi connectivity index (χ1n) is 7.69. The van der Waals surface area contributed by atoms with Crippen LogP contribution in [0, 0.1) is 0 Å². The molecule has 114 valence electrons. The van der Waals surface area contributed by atoms with Gasteiger partial charge in [0.05, 0.1) is 0 Å². The number of thioether (sulfide) groups is 1. The number of benzene rings is 1. The third kappa shape index (κ3) is 3.89. The number of hydrogen-bond acceptors (Lipinski definition) is 3. The van der Waals surface area contributed by atoms with Crippen LogP contribution in [0.5, 0.6) is 0 Å². The highest BCUT2D eigenvalue weighted by Crippen LogP contribution is 2.35. The predicted molar refractivity (Wildman–Crippen MR) is 90.9 cm³/mol. The molecule has 0 fully saturated rings. The first kappa shape index (κ1) is 15.1. The van der Waals surface area contributed by atoms with Gasteiger partial charge in [-0.25, -0.2) is 0 Å². The van der Waals surface area contributed by atoms with Gasteiger partial charge in [-0.05, 0) is 41.9 Å². The second-order valence-electron chi connectivity index (χ2n) is 5.43. The number of carbonyl (C=O) groups is 1. The molecule has 0 radical (unpaired) electrons. The lowest BCUT2D eigenvalue weighted by molar-refractivity contribution is -0.121. The molecule has 0 aliphatic carbocycles. The van der Waals surface area contributed by atoms with Crippen LogP contribution in [0.4, 0.5) is 0 Å². The van der Waals surface area contributed by atoms with Crippen molar-refractivity contribution in [3.05, 3.63) is 65.5 Å². The summed E-state index contributed by atoms with van der Waals surface area (Å²) in [5.74, 6) is 1.24. The van der Waals surface area contributed by atoms with Crippen LogP contribution in [0.3, 0.4) is 0 Å². The number of nitrogens with one attached hydrogen (secondary N) is 1. The Morgan fingerprint density at radius 2 is 2.09 bits per heavy atom. The van der Waals surface area contributed by atoms with E-state index in [0.29, 0.717) is 24.6 Å². The van der Waals surface area contributed by atoms with E-state index in [1.54, 1.807) is 6.20 Å². The van der Waals surface area contributed by atoms with E-state index in [2.05, 4.69) is 34.6 Å². The number of aromatic nitrogens is 1. The zero-order chi connectivity index (χ0) is 15.2. The largest absolute Gasteiger partial charge is 0.355 e. The van der Waals surface area contributed by atoms with Crippen LogP contribution in [0.1, 0.15) is 28.5 Å². The van der Waals surface area contributed by atoms with E-state index in [0.717, 1.165) is 17.9 Å². The summed E-state index contributed by atoms with van der Waals surface area (Å²) in [5, 5.41) is 3.45. The Kier molecular flexibility index (Phi) is 5.11. The molecule has 0 bridgehead atoms. The van der Waals surface area contributed by atoms with Crippen molar-refractivity contribution in [2.75, 3.05) is 12.3 Å². The van der Waals surface area contributed by atoms with E-state index in [1.807, 2.05) is 30.0 Å². The lowest BCUT2D eigenvalue weighted by atomic mass is 10.0. The molecule has 0 spiro atoms. The maximum atomic E-state index is 12.0. The Morgan fingerprint density at radius 1 is 1.23 bits per heavy atom. The van der Waals surface area contributed by atoms with Crippen molar-refractivity contribution in [3.8, 4) is 0 Å². The van der Waals surface area contributed by atoms with Crippen LogP contribution in [0.15, 0.2) is 48.7 Å². The molecule has 0 saturated carbocycles. The van der Waals surface area contributed by atoms with Gasteiger partial charge in [-0.1, -0.05) is 30.3 Å². The summed E-state index contributed by atoms with van der Waals surface area (Å²) < 4.78 is 0. The molecular weight excluding hydrogens is 292 g/mol. The predicted octanol–water partition coefficient (Wildman–Crippen LogP) is 3.16. The Bertz CT molecular complexity index is 630. The summed E-state index contributed by atoms with van der Waals surface area (Å²) in [7, 11) is 0. The van der Waals surface area contributed by atoms with Crippen LogP contribution in [0.25, 0.3) is 0 Å². The summed E-state index contributed by atoms with van der Waals surface area (Å²) in [6, 6.07) is 14.4. The number of carbonyl (C=O) groups excluding carboxylic acids is 1. The summed E-state index contributed by atoms with van der Waals surface area (Å²) in [6.07, 6.45) is 4.09. The molecule has 3 rings (SSSR count). The number of aryl methyl sites for hydroxylation is 2. The molecule has 1 amide bonds. The van der Waals surface area contributed by atoms with E-state index in [4.69, 9.17) is 0 Å². The number of rotatable bonds is 5. The highest BCUT2D eigenvalue weighted by Gasteiger charge is 2.20. The third-order valence-corrected chi connectivity index (χ3v) is 5.17. The van der Waals surface area contributed by atoms with E-state index in [-0.39, 0.29) is 5.91 Å². The van der Waals surface area contributed by atoms with Gasteiger partial charge in [0.1, 0.15) is 0 Å². The van der Waals surface area contributed by atoms with E-state index >= 15 is 0 Å². The normalized spacial score (nSPS) is 16.8. The van der Waals surface area contributed by atoms with E-state index < -0.39 is 0 Å². The number of nitrogens with zero attached hydrogens (tertiary/aromatic N) is 1. The van der Waals surface area contributed by atoms with Gasteiger partial charge in [-0.2, -0.15) is 11.8 Å². The van der Waals surface area contributed by atoms with Gasteiger partial charge < -0.3 is 5.32 Å². The zero-order valence-electron chi connectivity index (χ0n) is 12.5. The van der Waals surface area contributed by atoms with Crippen molar-refractivity contribution in [1.82, 2.24) is 10.3 Å². The second-order valence-corrected chi connectivity index (χ2v) is 6.74. The van der Waals surface area contributed by atoms with Crippen molar-refractivity contribution in [2.45, 2.75) is 24.5 Å². The molecule has 0 saturated heterocycles. The Morgan fingerprint density at radius 3 is 2.95 bits per heavy atom. The van der Waals surface area contributed by atoms with Gasteiger partial charge in [0.15, 0.2) is 0 Å². The molecule has 4 heteroatoms. The van der Waals surface area contributed by atoms with Crippen LogP contribution in [0.2, 0.25) is 0 Å². The van der Waals surface area contributed by atoms with Crippen molar-refractivity contribution in [1.29, 1.82) is 0 Å². The van der Waals surface area contributed by atoms with Gasteiger partial charge in [0, 0.05) is 30.1 Å². The Labute approximate surface area is 135 Å². The fraction of sp³-hybridized carbons (Fsp3) is 0.333. The van der Waals surface area contributed by atoms with Crippen LogP contribution >= 0.6 is 11.8 Å². The van der Waals surface area contributed by atoms with E-state index in [1.165, 1.54) is 11.1 Å². The van der Waals surface area contributed by atoms with Gasteiger partial charge in [-0.15, -0.1) is 0 Å². The molecule has 3 nitrogen and oxygen atoms in total. The van der Waals surface area contributed by atoms with Crippen molar-refractivity contribution in [2.24, 2.45) is 0 Å². The minimum Gasteiger partial charge on any atom is -0.355 e. The molecule has 1 aliphatic rings. The molecule has 1 N–H and O–H groups in total. The van der Waals surface area contributed by atoms with Gasteiger partial charge in [0.25, 0.3) is 0 Å². The van der Waals surface area contributed by atoms with Crippen molar-refractivity contribution < 1.29 is 4.79 Å². The number of pyridine rings is 1.